The van der Waals surface area contributed by atoms with Crippen LogP contribution in [0, 0.1) is 18.3 Å². The standard InChI is InChI=1S/C30H37N3O7/c1-17-25-26(40-32-17)23(15-21(31-25)18-11-9-8-10-12-18)38-19-13-22(28(36)37)33(16-19)27(35)20(29(2,3)4)14-24(34)39-30(5,6)7/h8-12,15,19-20,22H,13-14,16H2,1-7H3,(H,36,37)/t19-,20-,22+/m1/s1. The number of aliphatic carboxylic acids is 1. The van der Waals surface area contributed by atoms with Crippen LogP contribution < -0.4 is 4.74 Å². The van der Waals surface area contributed by atoms with Gasteiger partial charge in [0.2, 0.25) is 11.5 Å². The first-order valence-corrected chi connectivity index (χ1v) is 13.4. The van der Waals surface area contributed by atoms with E-state index in [9.17, 15) is 19.5 Å². The summed E-state index contributed by atoms with van der Waals surface area (Å²) < 4.78 is 17.3. The van der Waals surface area contributed by atoms with Crippen LogP contribution in [0.3, 0.4) is 0 Å². The lowest BCUT2D eigenvalue weighted by molar-refractivity contribution is -0.161. The third-order valence-corrected chi connectivity index (χ3v) is 6.88. The average molecular weight is 552 g/mol. The molecule has 214 valence electrons. The Labute approximate surface area is 233 Å². The van der Waals surface area contributed by atoms with Gasteiger partial charge in [-0.3, -0.25) is 9.59 Å². The van der Waals surface area contributed by atoms with Gasteiger partial charge in [0.1, 0.15) is 29.0 Å². The number of pyridine rings is 1. The van der Waals surface area contributed by atoms with Crippen molar-refractivity contribution in [1.29, 1.82) is 0 Å². The van der Waals surface area contributed by atoms with Crippen LogP contribution in [0.2, 0.25) is 0 Å². The predicted molar refractivity (Wildman–Crippen MR) is 148 cm³/mol. The molecule has 0 radical (unpaired) electrons. The Balaban J connectivity index is 1.62. The maximum atomic E-state index is 13.8. The van der Waals surface area contributed by atoms with Crippen molar-refractivity contribution in [3.05, 3.63) is 42.1 Å². The van der Waals surface area contributed by atoms with Crippen molar-refractivity contribution in [1.82, 2.24) is 15.0 Å². The molecule has 0 unspecified atom stereocenters. The van der Waals surface area contributed by atoms with Crippen LogP contribution in [-0.4, -0.2) is 62.3 Å². The molecule has 0 aliphatic carbocycles. The Morgan fingerprint density at radius 3 is 2.40 bits per heavy atom. The first kappa shape index (κ1) is 29.0. The number of rotatable bonds is 7. The van der Waals surface area contributed by atoms with Crippen LogP contribution in [0.4, 0.5) is 0 Å². The zero-order valence-corrected chi connectivity index (χ0v) is 24.1. The summed E-state index contributed by atoms with van der Waals surface area (Å²) in [5.74, 6) is -2.47. The molecule has 0 saturated carbocycles. The maximum Gasteiger partial charge on any atom is 0.326 e. The fourth-order valence-electron chi connectivity index (χ4n) is 4.90. The fourth-order valence-corrected chi connectivity index (χ4v) is 4.90. The van der Waals surface area contributed by atoms with Gasteiger partial charge in [-0.1, -0.05) is 56.3 Å². The number of hydrogen-bond acceptors (Lipinski definition) is 8. The number of ether oxygens (including phenoxy) is 2. The monoisotopic (exact) mass is 551 g/mol. The van der Waals surface area contributed by atoms with E-state index in [1.54, 1.807) is 33.8 Å². The lowest BCUT2D eigenvalue weighted by Crippen LogP contribution is -2.47. The van der Waals surface area contributed by atoms with E-state index < -0.39 is 46.9 Å². The molecule has 40 heavy (non-hydrogen) atoms. The van der Waals surface area contributed by atoms with E-state index in [-0.39, 0.29) is 19.4 Å². The highest BCUT2D eigenvalue weighted by Crippen LogP contribution is 2.37. The molecule has 0 spiro atoms. The minimum Gasteiger partial charge on any atom is -0.484 e. The third-order valence-electron chi connectivity index (χ3n) is 6.88. The number of benzene rings is 1. The molecule has 1 aliphatic rings. The van der Waals surface area contributed by atoms with Crippen molar-refractivity contribution in [2.24, 2.45) is 11.3 Å². The van der Waals surface area contributed by atoms with Gasteiger partial charge in [0.05, 0.1) is 24.6 Å². The largest absolute Gasteiger partial charge is 0.484 e. The number of carbonyl (C=O) groups excluding carboxylic acids is 2. The van der Waals surface area contributed by atoms with Gasteiger partial charge in [0.25, 0.3) is 0 Å². The Bertz CT molecular complexity index is 1400. The number of likely N-dealkylation sites (tertiary alicyclic amines) is 1. The molecule has 1 aliphatic heterocycles. The van der Waals surface area contributed by atoms with E-state index in [0.717, 1.165) is 5.56 Å². The molecular weight excluding hydrogens is 514 g/mol. The normalized spacial score (nSPS) is 18.5. The van der Waals surface area contributed by atoms with E-state index in [0.29, 0.717) is 28.2 Å². The molecule has 4 rings (SSSR count). The summed E-state index contributed by atoms with van der Waals surface area (Å²) in [6.45, 7) is 12.7. The van der Waals surface area contributed by atoms with Crippen LogP contribution in [0.25, 0.3) is 22.4 Å². The lowest BCUT2D eigenvalue weighted by atomic mass is 9.77. The number of fused-ring (bicyclic) bond motifs is 1. The first-order valence-electron chi connectivity index (χ1n) is 13.4. The van der Waals surface area contributed by atoms with Crippen LogP contribution in [0.15, 0.2) is 40.9 Å². The minimum absolute atomic E-state index is 0.0360. The van der Waals surface area contributed by atoms with Crippen molar-refractivity contribution >= 4 is 28.9 Å². The summed E-state index contributed by atoms with van der Waals surface area (Å²) in [5, 5.41) is 14.1. The number of amides is 1. The summed E-state index contributed by atoms with van der Waals surface area (Å²) in [6.07, 6.45) is -0.717. The van der Waals surface area contributed by atoms with Gasteiger partial charge in [-0.15, -0.1) is 0 Å². The molecular formula is C30H37N3O7. The van der Waals surface area contributed by atoms with Gasteiger partial charge in [0.15, 0.2) is 5.75 Å². The summed E-state index contributed by atoms with van der Waals surface area (Å²) >= 11 is 0. The molecule has 1 N–H and O–H groups in total. The number of carboxylic acid groups (broad SMARTS) is 1. The van der Waals surface area contributed by atoms with E-state index in [1.165, 1.54) is 4.90 Å². The van der Waals surface area contributed by atoms with Crippen molar-refractivity contribution in [2.45, 2.75) is 79.1 Å². The predicted octanol–water partition coefficient (Wildman–Crippen LogP) is 5.03. The first-order chi connectivity index (χ1) is 18.6. The second kappa shape index (κ2) is 10.9. The van der Waals surface area contributed by atoms with E-state index in [1.807, 2.05) is 51.1 Å². The van der Waals surface area contributed by atoms with Crippen molar-refractivity contribution in [3.63, 3.8) is 0 Å². The summed E-state index contributed by atoms with van der Waals surface area (Å²) in [6, 6.07) is 10.2. The van der Waals surface area contributed by atoms with E-state index in [2.05, 4.69) is 5.16 Å². The number of aromatic nitrogens is 2. The second-order valence-corrected chi connectivity index (χ2v) is 12.3. The highest BCUT2D eigenvalue weighted by atomic mass is 16.6. The molecule has 1 aromatic carbocycles. The fraction of sp³-hybridized carbons (Fsp3) is 0.500. The molecule has 3 atom stereocenters. The molecule has 1 fully saturated rings. The molecule has 1 amide bonds. The summed E-state index contributed by atoms with van der Waals surface area (Å²) in [4.78, 5) is 44.8. The van der Waals surface area contributed by atoms with Crippen LogP contribution >= 0.6 is 0 Å². The van der Waals surface area contributed by atoms with Crippen LogP contribution in [0.1, 0.15) is 60.1 Å². The molecule has 3 aromatic rings. The van der Waals surface area contributed by atoms with Gasteiger partial charge < -0.3 is 24.0 Å². The smallest absolute Gasteiger partial charge is 0.326 e. The van der Waals surface area contributed by atoms with Gasteiger partial charge in [-0.2, -0.15) is 0 Å². The highest BCUT2D eigenvalue weighted by Gasteiger charge is 2.46. The van der Waals surface area contributed by atoms with Crippen LogP contribution in [0.5, 0.6) is 5.75 Å². The Kier molecular flexibility index (Phi) is 7.92. The average Bonchev–Trinajstić information content (AvgIpc) is 3.45. The number of hydrogen-bond donors (Lipinski definition) is 1. The minimum atomic E-state index is -1.13. The van der Waals surface area contributed by atoms with Gasteiger partial charge in [-0.05, 0) is 33.1 Å². The lowest BCUT2D eigenvalue weighted by Gasteiger charge is -2.34. The Morgan fingerprint density at radius 2 is 1.80 bits per heavy atom. The van der Waals surface area contributed by atoms with Gasteiger partial charge >= 0.3 is 11.9 Å². The second-order valence-electron chi connectivity index (χ2n) is 12.3. The third kappa shape index (κ3) is 6.43. The Morgan fingerprint density at radius 1 is 1.12 bits per heavy atom. The highest BCUT2D eigenvalue weighted by molar-refractivity contribution is 5.89. The number of esters is 1. The Hall–Kier alpha value is -3.95. The number of nitrogens with zero attached hydrogens (tertiary/aromatic N) is 3. The van der Waals surface area contributed by atoms with E-state index >= 15 is 0 Å². The molecule has 3 heterocycles. The molecule has 10 nitrogen and oxygen atoms in total. The SMILES string of the molecule is Cc1noc2c(O[C@@H]3C[C@@H](C(=O)O)N(C(=O)[C@@H](CC(=O)OC(C)(C)C)C(C)(C)C)C3)cc(-c3ccccc3)nc12. The molecule has 1 saturated heterocycles. The number of carboxylic acids is 1. The molecule has 10 heteroatoms. The quantitative estimate of drug-likeness (QED) is 0.402. The van der Waals surface area contributed by atoms with E-state index in [4.69, 9.17) is 19.0 Å². The zero-order chi connectivity index (χ0) is 29.4. The topological polar surface area (TPSA) is 132 Å². The zero-order valence-electron chi connectivity index (χ0n) is 24.1. The number of carbonyl (C=O) groups is 3. The van der Waals surface area contributed by atoms with Gasteiger partial charge in [-0.25, -0.2) is 9.78 Å². The van der Waals surface area contributed by atoms with Crippen LogP contribution in [-0.2, 0) is 19.1 Å². The van der Waals surface area contributed by atoms with Crippen molar-refractivity contribution in [3.8, 4) is 17.0 Å². The summed E-state index contributed by atoms with van der Waals surface area (Å²) in [5.41, 5.74) is 1.70. The molecule has 0 bridgehead atoms. The molecule has 2 aromatic heterocycles. The number of aryl methyl sites for hydroxylation is 1. The van der Waals surface area contributed by atoms with Gasteiger partial charge in [0, 0.05) is 18.1 Å². The van der Waals surface area contributed by atoms with Crippen molar-refractivity contribution in [2.75, 3.05) is 6.54 Å². The maximum absolute atomic E-state index is 13.8. The summed E-state index contributed by atoms with van der Waals surface area (Å²) in [7, 11) is 0. The van der Waals surface area contributed by atoms with Crippen molar-refractivity contribution < 1.29 is 33.5 Å².